The van der Waals surface area contributed by atoms with Gasteiger partial charge >= 0.3 is 0 Å². The molecule has 1 saturated heterocycles. The number of methoxy groups -OCH3 is 2. The Hall–Kier alpha value is -2.15. The van der Waals surface area contributed by atoms with E-state index in [-0.39, 0.29) is 30.7 Å². The molecule has 0 unspecified atom stereocenters. The van der Waals surface area contributed by atoms with Crippen molar-refractivity contribution in [2.45, 2.75) is 6.54 Å². The lowest BCUT2D eigenvalue weighted by atomic mass is 10.1. The minimum atomic E-state index is 0. The van der Waals surface area contributed by atoms with Crippen LogP contribution in [0.25, 0.3) is 0 Å². The summed E-state index contributed by atoms with van der Waals surface area (Å²) in [5.74, 6) is 1.82. The number of amides is 1. The maximum Gasteiger partial charge on any atom is 0.241 e. The van der Waals surface area contributed by atoms with Gasteiger partial charge in [0, 0.05) is 44.0 Å². The zero-order valence-corrected chi connectivity index (χ0v) is 18.4. The number of anilines is 1. The lowest BCUT2D eigenvalue weighted by molar-refractivity contribution is -0.131. The summed E-state index contributed by atoms with van der Waals surface area (Å²) in [5.41, 5.74) is 2.07. The Labute approximate surface area is 185 Å². The van der Waals surface area contributed by atoms with E-state index in [4.69, 9.17) is 9.47 Å². The summed E-state index contributed by atoms with van der Waals surface area (Å²) >= 11 is 0. The van der Waals surface area contributed by atoms with Crippen LogP contribution in [0.4, 0.5) is 5.69 Å². The minimum Gasteiger partial charge on any atom is -0.497 e. The lowest BCUT2D eigenvalue weighted by Gasteiger charge is -2.35. The number of carbonyl (C=O) groups excluding carboxylic acids is 1. The Kier molecular flexibility index (Phi) is 10.7. The van der Waals surface area contributed by atoms with Crippen molar-refractivity contribution in [2.24, 2.45) is 0 Å². The van der Waals surface area contributed by atoms with Crippen LogP contribution in [0.2, 0.25) is 0 Å². The van der Waals surface area contributed by atoms with Crippen LogP contribution >= 0.6 is 24.8 Å². The van der Waals surface area contributed by atoms with Crippen molar-refractivity contribution in [1.29, 1.82) is 0 Å². The first-order valence-corrected chi connectivity index (χ1v) is 9.19. The van der Waals surface area contributed by atoms with Crippen molar-refractivity contribution in [3.05, 3.63) is 54.1 Å². The maximum atomic E-state index is 12.4. The third kappa shape index (κ3) is 6.99. The number of hydrogen-bond donors (Lipinski definition) is 1. The Morgan fingerprint density at radius 2 is 1.66 bits per heavy atom. The molecule has 8 heteroatoms. The Bertz CT molecular complexity index is 754. The molecule has 2 aromatic carbocycles. The molecule has 0 radical (unpaired) electrons. The van der Waals surface area contributed by atoms with Crippen LogP contribution in [-0.4, -0.2) is 62.7 Å². The summed E-state index contributed by atoms with van der Waals surface area (Å²) in [4.78, 5) is 16.7. The second kappa shape index (κ2) is 12.4. The van der Waals surface area contributed by atoms with Crippen LogP contribution in [0.15, 0.2) is 48.5 Å². The number of halogens is 2. The second-order valence-electron chi connectivity index (χ2n) is 6.55. The molecule has 29 heavy (non-hydrogen) atoms. The molecule has 1 N–H and O–H groups in total. The molecular weight excluding hydrogens is 413 g/mol. The van der Waals surface area contributed by atoms with Crippen LogP contribution in [0, 0.1) is 0 Å². The molecule has 1 aliphatic heterocycles. The van der Waals surface area contributed by atoms with Crippen molar-refractivity contribution < 1.29 is 14.3 Å². The van der Waals surface area contributed by atoms with E-state index >= 15 is 0 Å². The highest BCUT2D eigenvalue weighted by Gasteiger charge is 2.21. The molecule has 0 aromatic heterocycles. The average Bonchev–Trinajstić information content (AvgIpc) is 2.73. The van der Waals surface area contributed by atoms with Gasteiger partial charge in [-0.2, -0.15) is 0 Å². The number of rotatable bonds is 7. The highest BCUT2D eigenvalue weighted by atomic mass is 35.5. The number of carbonyl (C=O) groups is 1. The van der Waals surface area contributed by atoms with Crippen molar-refractivity contribution >= 4 is 36.4 Å². The smallest absolute Gasteiger partial charge is 0.241 e. The van der Waals surface area contributed by atoms with Gasteiger partial charge in [0.25, 0.3) is 0 Å². The van der Waals surface area contributed by atoms with Gasteiger partial charge in [-0.25, -0.2) is 0 Å². The van der Waals surface area contributed by atoms with Gasteiger partial charge in [-0.05, 0) is 30.3 Å². The van der Waals surface area contributed by atoms with Gasteiger partial charge in [-0.15, -0.1) is 24.8 Å². The summed E-state index contributed by atoms with van der Waals surface area (Å²) in [6, 6.07) is 15.7. The van der Waals surface area contributed by atoms with Gasteiger partial charge in [0.1, 0.15) is 11.5 Å². The topological polar surface area (TPSA) is 54.0 Å². The fourth-order valence-corrected chi connectivity index (χ4v) is 3.25. The number of piperazine rings is 1. The van der Waals surface area contributed by atoms with Gasteiger partial charge in [-0.1, -0.05) is 18.2 Å². The molecular formula is C21H29Cl2N3O3. The number of benzene rings is 2. The summed E-state index contributed by atoms with van der Waals surface area (Å²) < 4.78 is 10.8. The number of hydrogen-bond acceptors (Lipinski definition) is 5. The highest BCUT2D eigenvalue weighted by Crippen LogP contribution is 2.25. The van der Waals surface area contributed by atoms with Crippen molar-refractivity contribution in [3.63, 3.8) is 0 Å². The summed E-state index contributed by atoms with van der Waals surface area (Å²) in [5, 5.41) is 3.19. The van der Waals surface area contributed by atoms with E-state index in [1.807, 2.05) is 53.4 Å². The Morgan fingerprint density at radius 3 is 2.28 bits per heavy atom. The zero-order valence-electron chi connectivity index (χ0n) is 16.8. The van der Waals surface area contributed by atoms with Crippen LogP contribution in [0.5, 0.6) is 11.5 Å². The van der Waals surface area contributed by atoms with Gasteiger partial charge in [-0.3, -0.25) is 9.69 Å². The Balaban J connectivity index is 0.00000210. The van der Waals surface area contributed by atoms with Crippen molar-refractivity contribution in [1.82, 2.24) is 9.80 Å². The van der Waals surface area contributed by atoms with Crippen LogP contribution in [-0.2, 0) is 11.3 Å². The molecule has 1 aliphatic rings. The lowest BCUT2D eigenvalue weighted by Crippen LogP contribution is -2.49. The first-order chi connectivity index (χ1) is 13.2. The van der Waals surface area contributed by atoms with E-state index in [0.29, 0.717) is 6.54 Å². The molecule has 3 rings (SSSR count). The van der Waals surface area contributed by atoms with Crippen LogP contribution < -0.4 is 14.8 Å². The standard InChI is InChI=1S/C21H27N3O3.2ClH/c1-26-19-8-9-20(27-2)17(14-19)16-23-10-12-24(13-11-23)21(25)15-22-18-6-4-3-5-7-18;;/h3-9,14,22H,10-13,15-16H2,1-2H3;2*1H. The molecule has 0 saturated carbocycles. The number of para-hydroxylation sites is 1. The van der Waals surface area contributed by atoms with Crippen LogP contribution in [0.3, 0.4) is 0 Å². The number of nitrogens with one attached hydrogen (secondary N) is 1. The van der Waals surface area contributed by atoms with Crippen LogP contribution in [0.1, 0.15) is 5.56 Å². The zero-order chi connectivity index (χ0) is 19.1. The molecule has 0 atom stereocenters. The van der Waals surface area contributed by atoms with Gasteiger partial charge in [0.2, 0.25) is 5.91 Å². The van der Waals surface area contributed by atoms with E-state index in [1.54, 1.807) is 14.2 Å². The minimum absolute atomic E-state index is 0. The normalized spacial score (nSPS) is 13.7. The molecule has 6 nitrogen and oxygen atoms in total. The third-order valence-electron chi connectivity index (χ3n) is 4.82. The average molecular weight is 442 g/mol. The van der Waals surface area contributed by atoms with E-state index in [2.05, 4.69) is 10.2 Å². The second-order valence-corrected chi connectivity index (χ2v) is 6.55. The number of ether oxygens (including phenoxy) is 2. The fourth-order valence-electron chi connectivity index (χ4n) is 3.25. The molecule has 0 spiro atoms. The molecule has 1 amide bonds. The monoisotopic (exact) mass is 441 g/mol. The van der Waals surface area contributed by atoms with Crippen molar-refractivity contribution in [2.75, 3.05) is 52.3 Å². The van der Waals surface area contributed by atoms with Gasteiger partial charge < -0.3 is 19.7 Å². The third-order valence-corrected chi connectivity index (χ3v) is 4.82. The SMILES string of the molecule is COc1ccc(OC)c(CN2CCN(C(=O)CNc3ccccc3)CC2)c1.Cl.Cl. The maximum absolute atomic E-state index is 12.4. The van der Waals surface area contributed by atoms with Gasteiger partial charge in [0.15, 0.2) is 0 Å². The first-order valence-electron chi connectivity index (χ1n) is 9.19. The largest absolute Gasteiger partial charge is 0.497 e. The molecule has 0 aliphatic carbocycles. The first kappa shape index (κ1) is 24.9. The number of nitrogens with zero attached hydrogens (tertiary/aromatic N) is 2. The summed E-state index contributed by atoms with van der Waals surface area (Å²) in [7, 11) is 3.35. The van der Waals surface area contributed by atoms with Crippen molar-refractivity contribution in [3.8, 4) is 11.5 Å². The predicted molar refractivity (Wildman–Crippen MR) is 121 cm³/mol. The fraction of sp³-hybridized carbons (Fsp3) is 0.381. The van der Waals surface area contributed by atoms with E-state index < -0.39 is 0 Å². The molecule has 1 fully saturated rings. The predicted octanol–water partition coefficient (Wildman–Crippen LogP) is 3.30. The molecule has 160 valence electrons. The quantitative estimate of drug-likeness (QED) is 0.713. The van der Waals surface area contributed by atoms with Gasteiger partial charge in [0.05, 0.1) is 20.8 Å². The molecule has 0 bridgehead atoms. The summed E-state index contributed by atoms with van der Waals surface area (Å²) in [6.45, 7) is 4.27. The van der Waals surface area contributed by atoms with E-state index in [0.717, 1.165) is 55.5 Å². The summed E-state index contributed by atoms with van der Waals surface area (Å²) in [6.07, 6.45) is 0. The van der Waals surface area contributed by atoms with E-state index in [1.165, 1.54) is 0 Å². The Morgan fingerprint density at radius 1 is 0.966 bits per heavy atom. The highest BCUT2D eigenvalue weighted by molar-refractivity contribution is 5.85. The molecule has 2 aromatic rings. The van der Waals surface area contributed by atoms with E-state index in [9.17, 15) is 4.79 Å². The molecule has 1 heterocycles.